The molecule has 3 atom stereocenters. The Morgan fingerprint density at radius 3 is 2.78 bits per heavy atom. The molecule has 0 bridgehead atoms. The van der Waals surface area contributed by atoms with Crippen LogP contribution < -0.4 is 11.1 Å². The summed E-state index contributed by atoms with van der Waals surface area (Å²) in [7, 11) is 1.56. The van der Waals surface area contributed by atoms with Crippen molar-refractivity contribution in [1.82, 2.24) is 4.90 Å². The van der Waals surface area contributed by atoms with Gasteiger partial charge in [0.1, 0.15) is 5.84 Å². The van der Waals surface area contributed by atoms with Gasteiger partial charge in [0.05, 0.1) is 30.1 Å². The highest BCUT2D eigenvalue weighted by molar-refractivity contribution is 7.99. The lowest BCUT2D eigenvalue weighted by Gasteiger charge is -2.34. The first-order chi connectivity index (χ1) is 15.4. The average molecular weight is 455 g/mol. The SMILES string of the molecule is COC1OCC[C@@H]1N(C(=N)c1ccc2c(c1)Nc1ccccc1S2)C(=O)[C@@H](N)CC(C)C. The number of amidine groups is 1. The average Bonchev–Trinajstić information content (AvgIpc) is 3.25. The molecule has 8 heteroatoms. The van der Waals surface area contributed by atoms with E-state index in [4.69, 9.17) is 20.6 Å². The highest BCUT2D eigenvalue weighted by Gasteiger charge is 2.40. The number of nitrogens with zero attached hydrogens (tertiary/aromatic N) is 1. The van der Waals surface area contributed by atoms with Gasteiger partial charge in [0.2, 0.25) is 5.91 Å². The standard InChI is InChI=1S/C24H30N4O3S/c1-14(2)12-16(25)23(29)28(19-10-11-31-24(19)30-3)22(26)15-8-9-21-18(13-15)27-17-6-4-5-7-20(17)32-21/h4-9,13-14,16,19,24,26-27H,10-12,25H2,1-3H3/t16-,19-,24?/m0/s1. The lowest BCUT2D eigenvalue weighted by Crippen LogP contribution is -2.54. The molecule has 0 saturated carbocycles. The van der Waals surface area contributed by atoms with Crippen LogP contribution in [-0.4, -0.2) is 48.7 Å². The molecule has 2 aromatic carbocycles. The molecule has 170 valence electrons. The zero-order chi connectivity index (χ0) is 22.8. The molecule has 0 aliphatic carbocycles. The number of carbonyl (C=O) groups is 1. The predicted octanol–water partition coefficient (Wildman–Crippen LogP) is 4.18. The Balaban J connectivity index is 1.65. The molecule has 1 fully saturated rings. The van der Waals surface area contributed by atoms with Crippen molar-refractivity contribution in [3.8, 4) is 0 Å². The number of hydrogen-bond acceptors (Lipinski definition) is 7. The molecule has 0 spiro atoms. The Hall–Kier alpha value is -2.39. The number of fused-ring (bicyclic) bond motifs is 2. The lowest BCUT2D eigenvalue weighted by molar-refractivity contribution is -0.142. The molecular weight excluding hydrogens is 424 g/mol. The summed E-state index contributed by atoms with van der Waals surface area (Å²) in [6.07, 6.45) is 0.559. The van der Waals surface area contributed by atoms with Crippen molar-refractivity contribution < 1.29 is 14.3 Å². The Bertz CT molecular complexity index is 1010. The van der Waals surface area contributed by atoms with Crippen LogP contribution in [0.4, 0.5) is 11.4 Å². The number of carbonyl (C=O) groups excluding carboxylic acids is 1. The van der Waals surface area contributed by atoms with E-state index in [9.17, 15) is 4.79 Å². The lowest BCUT2D eigenvalue weighted by atomic mass is 10.0. The summed E-state index contributed by atoms with van der Waals surface area (Å²) < 4.78 is 11.1. The second kappa shape index (κ2) is 9.62. The summed E-state index contributed by atoms with van der Waals surface area (Å²) in [5.74, 6) is 0.111. The van der Waals surface area contributed by atoms with Crippen LogP contribution in [-0.2, 0) is 14.3 Å². The zero-order valence-corrected chi connectivity index (χ0v) is 19.4. The summed E-state index contributed by atoms with van der Waals surface area (Å²) in [6, 6.07) is 12.8. The van der Waals surface area contributed by atoms with E-state index in [1.807, 2.05) is 50.2 Å². The topological polar surface area (TPSA) is 101 Å². The quantitative estimate of drug-likeness (QED) is 0.382. The molecule has 4 rings (SSSR count). The van der Waals surface area contributed by atoms with Crippen molar-refractivity contribution in [3.05, 3.63) is 48.0 Å². The second-order valence-electron chi connectivity index (χ2n) is 8.56. The number of benzene rings is 2. The zero-order valence-electron chi connectivity index (χ0n) is 18.6. The number of para-hydroxylation sites is 1. The fourth-order valence-electron chi connectivity index (χ4n) is 4.18. The fourth-order valence-corrected chi connectivity index (χ4v) is 5.15. The number of nitrogens with two attached hydrogens (primary N) is 1. The van der Waals surface area contributed by atoms with Crippen LogP contribution in [0.2, 0.25) is 0 Å². The van der Waals surface area contributed by atoms with E-state index in [-0.39, 0.29) is 17.7 Å². The third-order valence-corrected chi connectivity index (χ3v) is 6.88. The van der Waals surface area contributed by atoms with E-state index in [2.05, 4.69) is 11.4 Å². The van der Waals surface area contributed by atoms with Crippen molar-refractivity contribution in [2.75, 3.05) is 19.0 Å². The highest BCUT2D eigenvalue weighted by atomic mass is 32.2. The van der Waals surface area contributed by atoms with Crippen molar-refractivity contribution in [2.24, 2.45) is 11.7 Å². The Morgan fingerprint density at radius 2 is 2.03 bits per heavy atom. The van der Waals surface area contributed by atoms with Crippen LogP contribution in [0.25, 0.3) is 0 Å². The van der Waals surface area contributed by atoms with E-state index in [0.29, 0.717) is 25.0 Å². The largest absolute Gasteiger partial charge is 0.354 e. The van der Waals surface area contributed by atoms with Crippen LogP contribution >= 0.6 is 11.8 Å². The third-order valence-electron chi connectivity index (χ3n) is 5.72. The molecule has 2 aromatic rings. The van der Waals surface area contributed by atoms with Crippen molar-refractivity contribution in [3.63, 3.8) is 0 Å². The summed E-state index contributed by atoms with van der Waals surface area (Å²) in [5, 5.41) is 12.4. The van der Waals surface area contributed by atoms with Gasteiger partial charge in [-0.2, -0.15) is 0 Å². The molecule has 2 heterocycles. The first kappa shape index (κ1) is 22.8. The number of nitrogens with one attached hydrogen (secondary N) is 2. The normalized spacial score (nSPS) is 20.3. The molecule has 32 heavy (non-hydrogen) atoms. The number of rotatable bonds is 6. The van der Waals surface area contributed by atoms with Gasteiger partial charge in [-0.05, 0) is 49.1 Å². The summed E-state index contributed by atoms with van der Waals surface area (Å²) >= 11 is 1.69. The van der Waals surface area contributed by atoms with Crippen LogP contribution in [0.15, 0.2) is 52.3 Å². The van der Waals surface area contributed by atoms with Crippen molar-refractivity contribution in [2.45, 2.75) is 54.9 Å². The predicted molar refractivity (Wildman–Crippen MR) is 127 cm³/mol. The highest BCUT2D eigenvalue weighted by Crippen LogP contribution is 2.44. The van der Waals surface area contributed by atoms with Gasteiger partial charge in [0.25, 0.3) is 0 Å². The van der Waals surface area contributed by atoms with Crippen molar-refractivity contribution >= 4 is 34.9 Å². The first-order valence-corrected chi connectivity index (χ1v) is 11.7. The fraction of sp³-hybridized carbons (Fsp3) is 0.417. The maximum Gasteiger partial charge on any atom is 0.245 e. The number of methoxy groups -OCH3 is 1. The second-order valence-corrected chi connectivity index (χ2v) is 9.64. The molecular formula is C24H30N4O3S. The smallest absolute Gasteiger partial charge is 0.245 e. The minimum Gasteiger partial charge on any atom is -0.354 e. The van der Waals surface area contributed by atoms with Gasteiger partial charge in [0, 0.05) is 22.5 Å². The Labute approximate surface area is 193 Å². The number of amides is 1. The number of hydrogen-bond donors (Lipinski definition) is 3. The number of ether oxygens (including phenoxy) is 2. The maximum atomic E-state index is 13.4. The van der Waals surface area contributed by atoms with Crippen LogP contribution in [0.1, 0.15) is 32.3 Å². The van der Waals surface area contributed by atoms with E-state index >= 15 is 0 Å². The van der Waals surface area contributed by atoms with Crippen LogP contribution in [0.3, 0.4) is 0 Å². The van der Waals surface area contributed by atoms with Crippen molar-refractivity contribution in [1.29, 1.82) is 5.41 Å². The third kappa shape index (κ3) is 4.54. The van der Waals surface area contributed by atoms with Crippen LogP contribution in [0.5, 0.6) is 0 Å². The maximum absolute atomic E-state index is 13.4. The van der Waals surface area contributed by atoms with E-state index in [1.54, 1.807) is 18.9 Å². The Kier molecular flexibility index (Phi) is 6.85. The summed E-state index contributed by atoms with van der Waals surface area (Å²) in [6.45, 7) is 4.53. The Morgan fingerprint density at radius 1 is 1.28 bits per heavy atom. The molecule has 2 aliphatic heterocycles. The van der Waals surface area contributed by atoms with Crippen LogP contribution in [0, 0.1) is 11.3 Å². The van der Waals surface area contributed by atoms with Gasteiger partial charge in [-0.1, -0.05) is 37.7 Å². The molecule has 1 unspecified atom stereocenters. The molecule has 1 amide bonds. The van der Waals surface area contributed by atoms with Gasteiger partial charge in [0.15, 0.2) is 6.29 Å². The monoisotopic (exact) mass is 454 g/mol. The number of anilines is 2. The summed E-state index contributed by atoms with van der Waals surface area (Å²) in [4.78, 5) is 17.1. The van der Waals surface area contributed by atoms with Gasteiger partial charge >= 0.3 is 0 Å². The molecule has 7 nitrogen and oxygen atoms in total. The molecule has 2 aliphatic rings. The molecule has 4 N–H and O–H groups in total. The molecule has 0 radical (unpaired) electrons. The van der Waals surface area contributed by atoms with E-state index in [0.717, 1.165) is 21.2 Å². The first-order valence-electron chi connectivity index (χ1n) is 10.9. The van der Waals surface area contributed by atoms with Gasteiger partial charge < -0.3 is 20.5 Å². The van der Waals surface area contributed by atoms with E-state index in [1.165, 1.54) is 4.90 Å². The molecule has 0 aromatic heterocycles. The van der Waals surface area contributed by atoms with E-state index < -0.39 is 18.4 Å². The molecule has 1 saturated heterocycles. The van der Waals surface area contributed by atoms with Gasteiger partial charge in [-0.25, -0.2) is 0 Å². The van der Waals surface area contributed by atoms with Gasteiger partial charge in [-0.15, -0.1) is 0 Å². The minimum absolute atomic E-state index is 0.111. The van der Waals surface area contributed by atoms with Gasteiger partial charge in [-0.3, -0.25) is 15.1 Å². The minimum atomic E-state index is -0.688. The summed E-state index contributed by atoms with van der Waals surface area (Å²) in [5.41, 5.74) is 8.86.